The molecule has 0 aromatic rings. The van der Waals surface area contributed by atoms with Crippen molar-refractivity contribution in [3.8, 4) is 0 Å². The fourth-order valence-electron chi connectivity index (χ4n) is 1.59. The Labute approximate surface area is 85.4 Å². The van der Waals surface area contributed by atoms with Crippen LogP contribution in [0.15, 0.2) is 0 Å². The van der Waals surface area contributed by atoms with Crippen LogP contribution >= 0.6 is 0 Å². The summed E-state index contributed by atoms with van der Waals surface area (Å²) in [7, 11) is 0. The second-order valence-electron chi connectivity index (χ2n) is 3.90. The highest BCUT2D eigenvalue weighted by molar-refractivity contribution is 5.77. The third-order valence-corrected chi connectivity index (χ3v) is 2.62. The van der Waals surface area contributed by atoms with E-state index in [0.717, 1.165) is 31.8 Å². The van der Waals surface area contributed by atoms with Crippen molar-refractivity contribution in [1.82, 2.24) is 4.90 Å². The third kappa shape index (κ3) is 3.64. The summed E-state index contributed by atoms with van der Waals surface area (Å²) in [5.41, 5.74) is 5.26. The van der Waals surface area contributed by atoms with Crippen LogP contribution in [0, 0.1) is 5.92 Å². The van der Waals surface area contributed by atoms with Crippen molar-refractivity contribution in [2.24, 2.45) is 11.7 Å². The lowest BCUT2D eigenvalue weighted by Crippen LogP contribution is -2.40. The van der Waals surface area contributed by atoms with Gasteiger partial charge in [-0.2, -0.15) is 0 Å². The van der Waals surface area contributed by atoms with Crippen molar-refractivity contribution >= 4 is 5.91 Å². The SMILES string of the molecule is CC1CCN(C(=O)COCCN)CC1. The van der Waals surface area contributed by atoms with E-state index in [-0.39, 0.29) is 12.5 Å². The molecule has 1 saturated heterocycles. The molecule has 4 heteroatoms. The Bertz CT molecular complexity index is 177. The van der Waals surface area contributed by atoms with Gasteiger partial charge in [-0.25, -0.2) is 0 Å². The fraction of sp³-hybridized carbons (Fsp3) is 0.900. The van der Waals surface area contributed by atoms with Crippen molar-refractivity contribution in [1.29, 1.82) is 0 Å². The maximum Gasteiger partial charge on any atom is 0.248 e. The molecule has 0 radical (unpaired) electrons. The number of carbonyl (C=O) groups excluding carboxylic acids is 1. The maximum atomic E-state index is 11.5. The third-order valence-electron chi connectivity index (χ3n) is 2.62. The molecule has 1 heterocycles. The van der Waals surface area contributed by atoms with Gasteiger partial charge in [0, 0.05) is 19.6 Å². The van der Waals surface area contributed by atoms with Gasteiger partial charge in [0.05, 0.1) is 6.61 Å². The predicted octanol–water partition coefficient (Wildman–Crippen LogP) is 0.220. The summed E-state index contributed by atoms with van der Waals surface area (Å²) >= 11 is 0. The molecule has 0 spiro atoms. The fourth-order valence-corrected chi connectivity index (χ4v) is 1.59. The van der Waals surface area contributed by atoms with E-state index in [4.69, 9.17) is 10.5 Å². The molecule has 0 unspecified atom stereocenters. The van der Waals surface area contributed by atoms with Crippen LogP contribution in [-0.4, -0.2) is 43.7 Å². The molecular formula is C10H20N2O2. The van der Waals surface area contributed by atoms with E-state index in [2.05, 4.69) is 6.92 Å². The molecule has 82 valence electrons. The number of piperidine rings is 1. The average molecular weight is 200 g/mol. The van der Waals surface area contributed by atoms with Gasteiger partial charge in [-0.05, 0) is 18.8 Å². The van der Waals surface area contributed by atoms with Crippen LogP contribution < -0.4 is 5.73 Å². The van der Waals surface area contributed by atoms with E-state index in [1.807, 2.05) is 4.90 Å². The number of nitrogens with two attached hydrogens (primary N) is 1. The highest BCUT2D eigenvalue weighted by Gasteiger charge is 2.19. The van der Waals surface area contributed by atoms with Gasteiger partial charge >= 0.3 is 0 Å². The number of likely N-dealkylation sites (tertiary alicyclic amines) is 1. The first kappa shape index (κ1) is 11.5. The number of rotatable bonds is 4. The predicted molar refractivity (Wildman–Crippen MR) is 54.9 cm³/mol. The van der Waals surface area contributed by atoms with Crippen LogP contribution in [0.5, 0.6) is 0 Å². The van der Waals surface area contributed by atoms with Gasteiger partial charge in [0.25, 0.3) is 0 Å². The Morgan fingerprint density at radius 1 is 1.50 bits per heavy atom. The Morgan fingerprint density at radius 2 is 2.14 bits per heavy atom. The van der Waals surface area contributed by atoms with Gasteiger partial charge in [-0.3, -0.25) is 4.79 Å². The average Bonchev–Trinajstić information content (AvgIpc) is 2.19. The Morgan fingerprint density at radius 3 is 2.71 bits per heavy atom. The number of ether oxygens (including phenoxy) is 1. The van der Waals surface area contributed by atoms with E-state index in [0.29, 0.717) is 13.2 Å². The van der Waals surface area contributed by atoms with Gasteiger partial charge < -0.3 is 15.4 Å². The van der Waals surface area contributed by atoms with E-state index >= 15 is 0 Å². The number of carbonyl (C=O) groups is 1. The molecule has 1 aliphatic rings. The van der Waals surface area contributed by atoms with Crippen molar-refractivity contribution in [3.05, 3.63) is 0 Å². The van der Waals surface area contributed by atoms with Gasteiger partial charge in [0.2, 0.25) is 5.91 Å². The normalized spacial score (nSPS) is 18.6. The first-order valence-electron chi connectivity index (χ1n) is 5.29. The van der Waals surface area contributed by atoms with Crippen molar-refractivity contribution < 1.29 is 9.53 Å². The van der Waals surface area contributed by atoms with Crippen LogP contribution in [0.4, 0.5) is 0 Å². The molecule has 0 aliphatic carbocycles. The lowest BCUT2D eigenvalue weighted by Gasteiger charge is -2.30. The van der Waals surface area contributed by atoms with Gasteiger partial charge in [0.1, 0.15) is 6.61 Å². The van der Waals surface area contributed by atoms with Crippen LogP contribution in [0.25, 0.3) is 0 Å². The summed E-state index contributed by atoms with van der Waals surface area (Å²) in [6, 6.07) is 0. The first-order chi connectivity index (χ1) is 6.74. The summed E-state index contributed by atoms with van der Waals surface area (Å²) in [5.74, 6) is 0.856. The number of amides is 1. The van der Waals surface area contributed by atoms with Gasteiger partial charge in [0.15, 0.2) is 0 Å². The van der Waals surface area contributed by atoms with E-state index in [1.54, 1.807) is 0 Å². The zero-order valence-electron chi connectivity index (χ0n) is 8.87. The van der Waals surface area contributed by atoms with Crippen molar-refractivity contribution in [2.75, 3.05) is 32.8 Å². The van der Waals surface area contributed by atoms with Crippen LogP contribution in [0.3, 0.4) is 0 Å². The zero-order valence-corrected chi connectivity index (χ0v) is 8.87. The van der Waals surface area contributed by atoms with E-state index < -0.39 is 0 Å². The molecule has 2 N–H and O–H groups in total. The molecule has 0 aromatic heterocycles. The molecule has 0 saturated carbocycles. The van der Waals surface area contributed by atoms with Crippen LogP contribution in [0.1, 0.15) is 19.8 Å². The number of nitrogens with zero attached hydrogens (tertiary/aromatic N) is 1. The highest BCUT2D eigenvalue weighted by Crippen LogP contribution is 2.15. The maximum absolute atomic E-state index is 11.5. The topological polar surface area (TPSA) is 55.6 Å². The first-order valence-corrected chi connectivity index (χ1v) is 5.29. The minimum Gasteiger partial charge on any atom is -0.370 e. The molecule has 0 atom stereocenters. The smallest absolute Gasteiger partial charge is 0.248 e. The Balaban J connectivity index is 2.17. The van der Waals surface area contributed by atoms with Gasteiger partial charge in [-0.1, -0.05) is 6.92 Å². The summed E-state index contributed by atoms with van der Waals surface area (Å²) in [6.45, 7) is 5.12. The van der Waals surface area contributed by atoms with Crippen molar-refractivity contribution in [2.45, 2.75) is 19.8 Å². The molecule has 1 amide bonds. The monoisotopic (exact) mass is 200 g/mol. The van der Waals surface area contributed by atoms with Gasteiger partial charge in [-0.15, -0.1) is 0 Å². The molecule has 1 fully saturated rings. The molecular weight excluding hydrogens is 180 g/mol. The number of hydrogen-bond donors (Lipinski definition) is 1. The molecule has 14 heavy (non-hydrogen) atoms. The van der Waals surface area contributed by atoms with Crippen molar-refractivity contribution in [3.63, 3.8) is 0 Å². The van der Waals surface area contributed by atoms with E-state index in [9.17, 15) is 4.79 Å². The summed E-state index contributed by atoms with van der Waals surface area (Å²) in [6.07, 6.45) is 2.23. The minimum absolute atomic E-state index is 0.102. The standard InChI is InChI=1S/C10H20N2O2/c1-9-2-5-12(6-3-9)10(13)8-14-7-4-11/h9H,2-8,11H2,1H3. The molecule has 1 aliphatic heterocycles. The lowest BCUT2D eigenvalue weighted by atomic mass is 9.99. The largest absolute Gasteiger partial charge is 0.370 e. The summed E-state index contributed by atoms with van der Waals surface area (Å²) in [4.78, 5) is 13.4. The quantitative estimate of drug-likeness (QED) is 0.660. The number of hydrogen-bond acceptors (Lipinski definition) is 3. The summed E-state index contributed by atoms with van der Waals surface area (Å²) in [5, 5.41) is 0. The minimum atomic E-state index is 0.102. The molecule has 1 rings (SSSR count). The zero-order chi connectivity index (χ0) is 10.4. The van der Waals surface area contributed by atoms with Crippen LogP contribution in [-0.2, 0) is 9.53 Å². The Hall–Kier alpha value is -0.610. The Kier molecular flexibility index (Phi) is 4.90. The molecule has 0 bridgehead atoms. The second-order valence-corrected chi connectivity index (χ2v) is 3.90. The summed E-state index contributed by atoms with van der Waals surface area (Å²) < 4.78 is 5.11. The second kappa shape index (κ2) is 5.98. The lowest BCUT2D eigenvalue weighted by molar-refractivity contribution is -0.137. The highest BCUT2D eigenvalue weighted by atomic mass is 16.5. The molecule has 4 nitrogen and oxygen atoms in total. The molecule has 0 aromatic carbocycles. The van der Waals surface area contributed by atoms with E-state index in [1.165, 1.54) is 0 Å². The van der Waals surface area contributed by atoms with Crippen LogP contribution in [0.2, 0.25) is 0 Å².